The van der Waals surface area contributed by atoms with Gasteiger partial charge >= 0.3 is 0 Å². The molecule has 1 atom stereocenters. The fraction of sp³-hybridized carbons (Fsp3) is 0.391. The van der Waals surface area contributed by atoms with Crippen LogP contribution in [0.4, 0.5) is 4.39 Å². The Labute approximate surface area is 159 Å². The van der Waals surface area contributed by atoms with Gasteiger partial charge in [0.05, 0.1) is 0 Å². The van der Waals surface area contributed by atoms with Gasteiger partial charge in [0.25, 0.3) is 0 Å². The zero-order valence-electron chi connectivity index (χ0n) is 15.4. The summed E-state index contributed by atoms with van der Waals surface area (Å²) in [5.74, 6) is 0.0490. The van der Waals surface area contributed by atoms with Crippen LogP contribution in [-0.2, 0) is 11.2 Å². The number of fused-ring (bicyclic) bond motifs is 1. The van der Waals surface area contributed by atoms with Gasteiger partial charge in [-0.3, -0.25) is 9.59 Å². The minimum atomic E-state index is -0.226. The first-order valence-corrected chi connectivity index (χ1v) is 9.77. The molecule has 140 valence electrons. The van der Waals surface area contributed by atoms with Gasteiger partial charge < -0.3 is 4.90 Å². The van der Waals surface area contributed by atoms with E-state index in [1.165, 1.54) is 6.07 Å². The molecule has 0 N–H and O–H groups in total. The highest BCUT2D eigenvalue weighted by atomic mass is 19.1. The lowest BCUT2D eigenvalue weighted by molar-refractivity contribution is -0.136. The van der Waals surface area contributed by atoms with Gasteiger partial charge in [0.1, 0.15) is 5.82 Å². The summed E-state index contributed by atoms with van der Waals surface area (Å²) < 4.78 is 13.5. The van der Waals surface area contributed by atoms with E-state index in [1.54, 1.807) is 12.1 Å². The highest BCUT2D eigenvalue weighted by Gasteiger charge is 2.32. The first-order chi connectivity index (χ1) is 13.1. The molecule has 3 nitrogen and oxygen atoms in total. The van der Waals surface area contributed by atoms with E-state index >= 15 is 0 Å². The number of Topliss-reactive ketones (excluding diaryl/α,β-unsaturated/α-hetero) is 1. The van der Waals surface area contributed by atoms with E-state index < -0.39 is 0 Å². The van der Waals surface area contributed by atoms with Crippen LogP contribution >= 0.6 is 0 Å². The Bertz CT molecular complexity index is 855. The molecule has 4 rings (SSSR count). The van der Waals surface area contributed by atoms with Crippen molar-refractivity contribution < 1.29 is 14.0 Å². The predicted molar refractivity (Wildman–Crippen MR) is 102 cm³/mol. The van der Waals surface area contributed by atoms with E-state index in [0.29, 0.717) is 25.4 Å². The Kier molecular flexibility index (Phi) is 5.06. The summed E-state index contributed by atoms with van der Waals surface area (Å²) in [7, 11) is 0. The van der Waals surface area contributed by atoms with Crippen LogP contribution in [0.3, 0.4) is 0 Å². The van der Waals surface area contributed by atoms with E-state index in [-0.39, 0.29) is 23.4 Å². The number of rotatable bonds is 2. The van der Waals surface area contributed by atoms with Crippen molar-refractivity contribution in [3.63, 3.8) is 0 Å². The number of halogens is 1. The van der Waals surface area contributed by atoms with E-state index in [2.05, 4.69) is 0 Å². The second-order valence-corrected chi connectivity index (χ2v) is 7.67. The van der Waals surface area contributed by atoms with Crippen molar-refractivity contribution in [3.05, 3.63) is 71.0 Å². The van der Waals surface area contributed by atoms with Crippen LogP contribution in [0.25, 0.3) is 0 Å². The van der Waals surface area contributed by atoms with Gasteiger partial charge in [0, 0.05) is 31.0 Å². The maximum atomic E-state index is 13.5. The van der Waals surface area contributed by atoms with Crippen LogP contribution in [0, 0.1) is 11.7 Å². The number of hydrogen-bond acceptors (Lipinski definition) is 2. The third kappa shape index (κ3) is 3.80. The van der Waals surface area contributed by atoms with Crippen molar-refractivity contribution in [2.24, 2.45) is 5.92 Å². The van der Waals surface area contributed by atoms with Gasteiger partial charge in [-0.2, -0.15) is 0 Å². The molecule has 2 aliphatic rings. The molecule has 1 aliphatic heterocycles. The molecule has 0 aromatic heterocycles. The molecular formula is C23H24FNO2. The van der Waals surface area contributed by atoms with Crippen LogP contribution in [0.15, 0.2) is 48.5 Å². The lowest BCUT2D eigenvalue weighted by Gasteiger charge is -2.34. The van der Waals surface area contributed by atoms with Crippen molar-refractivity contribution in [2.45, 2.75) is 38.0 Å². The first kappa shape index (κ1) is 17.9. The number of nitrogens with zero attached hydrogens (tertiary/aromatic N) is 1. The molecule has 2 aromatic carbocycles. The van der Waals surface area contributed by atoms with Crippen LogP contribution in [0.1, 0.15) is 53.1 Å². The molecule has 27 heavy (non-hydrogen) atoms. The Hall–Kier alpha value is -2.49. The summed E-state index contributed by atoms with van der Waals surface area (Å²) in [6.45, 7) is 1.36. The van der Waals surface area contributed by atoms with E-state index in [1.807, 2.05) is 35.2 Å². The second kappa shape index (κ2) is 7.63. The third-order valence-electron chi connectivity index (χ3n) is 5.99. The van der Waals surface area contributed by atoms with Gasteiger partial charge in [-0.1, -0.05) is 36.4 Å². The summed E-state index contributed by atoms with van der Waals surface area (Å²) in [6.07, 6.45) is 3.50. The number of aryl methyl sites for hydroxylation is 1. The smallest absolute Gasteiger partial charge is 0.226 e. The zero-order valence-corrected chi connectivity index (χ0v) is 15.4. The molecule has 1 aliphatic carbocycles. The van der Waals surface area contributed by atoms with E-state index in [0.717, 1.165) is 42.4 Å². The van der Waals surface area contributed by atoms with Crippen molar-refractivity contribution >= 4 is 11.7 Å². The summed E-state index contributed by atoms with van der Waals surface area (Å²) in [4.78, 5) is 27.5. The molecule has 0 saturated carbocycles. The number of benzene rings is 2. The fourth-order valence-electron chi connectivity index (χ4n) is 4.44. The maximum absolute atomic E-state index is 13.5. The van der Waals surface area contributed by atoms with Gasteiger partial charge in [0.15, 0.2) is 5.78 Å². The molecule has 2 aromatic rings. The predicted octanol–water partition coefficient (Wildman–Crippen LogP) is 4.37. The number of amides is 1. The Morgan fingerprint density at radius 1 is 1.00 bits per heavy atom. The van der Waals surface area contributed by atoms with E-state index in [4.69, 9.17) is 0 Å². The SMILES string of the molecule is O=C1CC(C(=O)N2CCC(c3cccc(F)c3)CC2)CCc2ccccc21. The summed E-state index contributed by atoms with van der Waals surface area (Å²) in [5.41, 5.74) is 2.85. The average molecular weight is 365 g/mol. The Balaban J connectivity index is 1.39. The summed E-state index contributed by atoms with van der Waals surface area (Å²) in [6, 6.07) is 14.5. The Morgan fingerprint density at radius 2 is 1.78 bits per heavy atom. The monoisotopic (exact) mass is 365 g/mol. The van der Waals surface area contributed by atoms with Gasteiger partial charge in [0.2, 0.25) is 5.91 Å². The fourth-order valence-corrected chi connectivity index (χ4v) is 4.44. The minimum absolute atomic E-state index is 0.0797. The molecule has 1 amide bonds. The van der Waals surface area contributed by atoms with Crippen molar-refractivity contribution in [1.82, 2.24) is 4.90 Å². The van der Waals surface area contributed by atoms with Crippen molar-refractivity contribution in [2.75, 3.05) is 13.1 Å². The lowest BCUT2D eigenvalue weighted by Crippen LogP contribution is -2.41. The van der Waals surface area contributed by atoms with Gasteiger partial charge in [-0.25, -0.2) is 4.39 Å². The molecule has 1 unspecified atom stereocenters. The largest absolute Gasteiger partial charge is 0.342 e. The Morgan fingerprint density at radius 3 is 2.56 bits per heavy atom. The molecule has 4 heteroatoms. The second-order valence-electron chi connectivity index (χ2n) is 7.67. The number of likely N-dealkylation sites (tertiary alicyclic amines) is 1. The maximum Gasteiger partial charge on any atom is 0.226 e. The lowest BCUT2D eigenvalue weighted by atomic mass is 9.88. The number of ketones is 1. The van der Waals surface area contributed by atoms with Gasteiger partial charge in [-0.15, -0.1) is 0 Å². The van der Waals surface area contributed by atoms with Crippen molar-refractivity contribution in [1.29, 1.82) is 0 Å². The highest BCUT2D eigenvalue weighted by molar-refractivity contribution is 6.00. The van der Waals surface area contributed by atoms with Crippen molar-refractivity contribution in [3.8, 4) is 0 Å². The number of carbonyl (C=O) groups excluding carboxylic acids is 2. The molecule has 0 radical (unpaired) electrons. The third-order valence-corrected chi connectivity index (χ3v) is 5.99. The standard InChI is InChI=1S/C23H24FNO2/c24-20-6-3-5-18(14-20)16-10-12-25(13-11-16)23(27)19-9-8-17-4-1-2-7-21(17)22(26)15-19/h1-7,14,16,19H,8-13,15H2. The van der Waals surface area contributed by atoms with Crippen LogP contribution < -0.4 is 0 Å². The van der Waals surface area contributed by atoms with Crippen LogP contribution in [-0.4, -0.2) is 29.7 Å². The average Bonchev–Trinajstić information content (AvgIpc) is 2.87. The minimum Gasteiger partial charge on any atom is -0.342 e. The van der Waals surface area contributed by atoms with E-state index in [9.17, 15) is 14.0 Å². The highest BCUT2D eigenvalue weighted by Crippen LogP contribution is 2.31. The summed E-state index contributed by atoms with van der Waals surface area (Å²) in [5, 5.41) is 0. The normalized spacial score (nSPS) is 20.9. The molecule has 1 saturated heterocycles. The first-order valence-electron chi connectivity index (χ1n) is 9.77. The molecule has 1 fully saturated rings. The molecule has 0 spiro atoms. The number of carbonyl (C=O) groups is 2. The summed E-state index contributed by atoms with van der Waals surface area (Å²) >= 11 is 0. The molecule has 0 bridgehead atoms. The van der Waals surface area contributed by atoms with Crippen LogP contribution in [0.5, 0.6) is 0 Å². The quantitative estimate of drug-likeness (QED) is 0.741. The topological polar surface area (TPSA) is 37.4 Å². The molecule has 1 heterocycles. The zero-order chi connectivity index (χ0) is 18.8. The van der Waals surface area contributed by atoms with Gasteiger partial charge in [-0.05, 0) is 54.9 Å². The number of hydrogen-bond donors (Lipinski definition) is 0. The molecular weight excluding hydrogens is 341 g/mol. The van der Waals surface area contributed by atoms with Crippen LogP contribution in [0.2, 0.25) is 0 Å². The number of piperidine rings is 1.